The molecule has 0 amide bonds. The lowest BCUT2D eigenvalue weighted by atomic mass is 10.3. The molecule has 1 unspecified atom stereocenters. The molecule has 5 aromatic rings. The number of nitrogens with zero attached hydrogens (tertiary/aromatic N) is 2. The van der Waals surface area contributed by atoms with Crippen LogP contribution in [0.2, 0.25) is 0 Å². The van der Waals surface area contributed by atoms with Crippen LogP contribution in [-0.2, 0) is 19.2 Å². The molecule has 12 N–H and O–H groups in total. The SMILES string of the molecule is C=O.CN(CC(=O)O)c1cc(=S)[nH]c(=S)[nH]1.O=C(O)CC(Sc1n[nH]c(=S)s1)C(=O)O.Oc1ccccc1Nc1cc(=S)[nH]c(=S)[nH]1.S=c1[nH][nH]c(=S)s1. The third kappa shape index (κ3) is 19.8. The topological polar surface area (TPSA) is 288 Å². The first-order chi connectivity index (χ1) is 25.4. The van der Waals surface area contributed by atoms with Gasteiger partial charge in [-0.25, -0.2) is 0 Å². The maximum absolute atomic E-state index is 10.7. The van der Waals surface area contributed by atoms with Gasteiger partial charge in [0.2, 0.25) is 0 Å². The van der Waals surface area contributed by atoms with Crippen molar-refractivity contribution in [3.63, 3.8) is 0 Å². The molecule has 54 heavy (non-hydrogen) atoms. The van der Waals surface area contributed by atoms with Gasteiger partial charge in [0.1, 0.15) is 45.3 Å². The standard InChI is InChI=1S/C10H9N3OS2.C7H9N3O2S2.C6H6N2O4S3.C2H2N2S3.CH2O/c14-7-4-2-1-3-6(7)11-8-5-9(15)13-10(16)12-8;1-10(3-6(11)12)4-2-5(13)9-7(14)8-4;9-3(10)1-2(4(11)12)14-6-8-7-5(13)15-6;5-1-3-4-2(6)7-1;1-2/h1-5,14H,(H3,11,12,13,15,16);2H,3H2,1H3,(H,11,12)(H2,8,9,13,14);2H,1H2,(H,7,13)(H,9,10)(H,11,12);(H,3,5)(H,4,6);1H2. The average molecular weight is 929 g/mol. The minimum atomic E-state index is -1.18. The molecule has 5 rings (SSSR count). The molecule has 0 spiro atoms. The van der Waals surface area contributed by atoms with Gasteiger partial charge in [0, 0.05) is 19.2 Å². The molecule has 290 valence electrons. The fourth-order valence-corrected chi connectivity index (χ4v) is 7.54. The number of phenolic OH excluding ortho intramolecular Hbond substituents is 1. The van der Waals surface area contributed by atoms with Gasteiger partial charge >= 0.3 is 17.9 Å². The maximum atomic E-state index is 10.7. The molecule has 4 aromatic heterocycles. The molecule has 18 nitrogen and oxygen atoms in total. The van der Waals surface area contributed by atoms with Crippen molar-refractivity contribution in [3.05, 3.63) is 67.1 Å². The summed E-state index contributed by atoms with van der Waals surface area (Å²) in [6.45, 7) is 1.89. The molecule has 0 aliphatic rings. The average Bonchev–Trinajstić information content (AvgIpc) is 3.67. The van der Waals surface area contributed by atoms with E-state index in [1.165, 1.54) is 16.2 Å². The summed E-state index contributed by atoms with van der Waals surface area (Å²) in [5.74, 6) is -1.86. The molecule has 0 saturated heterocycles. The third-order valence-electron chi connectivity index (χ3n) is 5.21. The van der Waals surface area contributed by atoms with E-state index in [1.54, 1.807) is 37.4 Å². The molecule has 4 heterocycles. The Morgan fingerprint density at radius 3 is 1.87 bits per heavy atom. The number of rotatable bonds is 10. The van der Waals surface area contributed by atoms with Crippen molar-refractivity contribution >= 4 is 162 Å². The van der Waals surface area contributed by atoms with Crippen molar-refractivity contribution in [2.75, 3.05) is 23.8 Å². The minimum Gasteiger partial charge on any atom is -0.506 e. The van der Waals surface area contributed by atoms with Crippen molar-refractivity contribution in [3.8, 4) is 5.75 Å². The summed E-state index contributed by atoms with van der Waals surface area (Å²) in [6, 6.07) is 10.2. The number of thioether (sulfide) groups is 1. The summed E-state index contributed by atoms with van der Waals surface area (Å²) in [5, 5.41) is 48.9. The van der Waals surface area contributed by atoms with Crippen LogP contribution in [0.3, 0.4) is 0 Å². The lowest BCUT2D eigenvalue weighted by Gasteiger charge is -2.15. The van der Waals surface area contributed by atoms with Gasteiger partial charge in [-0.3, -0.25) is 29.7 Å². The summed E-state index contributed by atoms with van der Waals surface area (Å²) >= 11 is 37.2. The van der Waals surface area contributed by atoms with E-state index in [0.29, 0.717) is 52.3 Å². The largest absolute Gasteiger partial charge is 0.506 e. The van der Waals surface area contributed by atoms with Gasteiger partial charge in [0.05, 0.1) is 12.1 Å². The number of hydrogen-bond acceptors (Lipinski definition) is 18. The highest BCUT2D eigenvalue weighted by Gasteiger charge is 2.23. The van der Waals surface area contributed by atoms with Crippen molar-refractivity contribution in [1.29, 1.82) is 0 Å². The number of carbonyl (C=O) groups excluding carboxylic acids is 1. The zero-order chi connectivity index (χ0) is 41.0. The number of hydrogen-bond donors (Lipinski definition) is 12. The first-order valence-corrected chi connectivity index (χ1v) is 19.2. The van der Waals surface area contributed by atoms with Gasteiger partial charge < -0.3 is 55.4 Å². The van der Waals surface area contributed by atoms with E-state index >= 15 is 0 Å². The second-order valence-electron chi connectivity index (χ2n) is 9.21. The zero-order valence-electron chi connectivity index (χ0n) is 27.1. The first kappa shape index (κ1) is 47.9. The Hall–Kier alpha value is -4.13. The number of aromatic nitrogens is 8. The summed E-state index contributed by atoms with van der Waals surface area (Å²) in [6.07, 6.45) is -0.452. The fourth-order valence-electron chi connectivity index (χ4n) is 3.17. The minimum absolute atomic E-state index is 0.107. The van der Waals surface area contributed by atoms with E-state index in [1.807, 2.05) is 12.9 Å². The summed E-state index contributed by atoms with van der Waals surface area (Å²) in [4.78, 5) is 52.2. The number of nitrogens with one attached hydrogen (secondary N) is 8. The van der Waals surface area contributed by atoms with Gasteiger partial charge in [-0.05, 0) is 73.2 Å². The highest BCUT2D eigenvalue weighted by molar-refractivity contribution is 8.02. The van der Waals surface area contributed by atoms with Crippen LogP contribution in [0.5, 0.6) is 5.75 Å². The number of aliphatic carboxylic acids is 3. The molecule has 0 radical (unpaired) electrons. The van der Waals surface area contributed by atoms with Gasteiger partial charge in [-0.2, -0.15) is 5.10 Å². The van der Waals surface area contributed by atoms with Gasteiger partial charge in [0.25, 0.3) is 0 Å². The molecule has 0 saturated carbocycles. The first-order valence-electron chi connectivity index (χ1n) is 13.8. The molecule has 0 aliphatic carbocycles. The van der Waals surface area contributed by atoms with Crippen molar-refractivity contribution in [2.45, 2.75) is 16.0 Å². The van der Waals surface area contributed by atoms with Crippen molar-refractivity contribution in [2.24, 2.45) is 0 Å². The Morgan fingerprint density at radius 1 is 0.852 bits per heavy atom. The zero-order valence-corrected chi connectivity index (χ0v) is 35.2. The predicted octanol–water partition coefficient (Wildman–Crippen LogP) is 7.47. The van der Waals surface area contributed by atoms with Crippen LogP contribution in [-0.4, -0.2) is 104 Å². The number of phenols is 1. The molecule has 0 aliphatic heterocycles. The molecular weight excluding hydrogens is 901 g/mol. The fraction of sp³-hybridized carbons (Fsp3) is 0.154. The normalized spacial score (nSPS) is 10.2. The van der Waals surface area contributed by atoms with E-state index in [0.717, 1.165) is 23.1 Å². The number of aromatic hydroxyl groups is 1. The number of carbonyl (C=O) groups is 4. The predicted molar refractivity (Wildman–Crippen MR) is 225 cm³/mol. The Bertz CT molecular complexity index is 2330. The Labute approximate surface area is 351 Å². The van der Waals surface area contributed by atoms with Crippen LogP contribution in [0.15, 0.2) is 40.7 Å². The Morgan fingerprint density at radius 2 is 1.43 bits per heavy atom. The van der Waals surface area contributed by atoms with E-state index in [9.17, 15) is 19.5 Å². The van der Waals surface area contributed by atoms with Crippen LogP contribution >= 0.6 is 120 Å². The van der Waals surface area contributed by atoms with Crippen LogP contribution in [0.1, 0.15) is 6.42 Å². The lowest BCUT2D eigenvalue weighted by Crippen LogP contribution is -2.26. The highest BCUT2D eigenvalue weighted by atomic mass is 32.2. The molecule has 0 bridgehead atoms. The highest BCUT2D eigenvalue weighted by Crippen LogP contribution is 2.27. The number of anilines is 3. The molecule has 0 fully saturated rings. The summed E-state index contributed by atoms with van der Waals surface area (Å²) in [7, 11) is 1.64. The molecule has 1 atom stereocenters. The number of benzene rings is 1. The summed E-state index contributed by atoms with van der Waals surface area (Å²) < 4.78 is 4.07. The lowest BCUT2D eigenvalue weighted by molar-refractivity contribution is -0.142. The molecule has 1 aromatic carbocycles. The Kier molecular flexibility index (Phi) is 22.2. The number of carboxylic acid groups (broad SMARTS) is 3. The van der Waals surface area contributed by atoms with E-state index in [-0.39, 0.29) is 12.3 Å². The van der Waals surface area contributed by atoms with E-state index in [2.05, 4.69) is 45.6 Å². The van der Waals surface area contributed by atoms with Gasteiger partial charge in [-0.15, -0.1) is 0 Å². The quantitative estimate of drug-likeness (QED) is 0.0367. The van der Waals surface area contributed by atoms with Crippen LogP contribution in [0.25, 0.3) is 0 Å². The van der Waals surface area contributed by atoms with Crippen LogP contribution in [0.4, 0.5) is 17.3 Å². The number of likely N-dealkylation sites (N-methyl/N-ethyl adjacent to an activating group) is 1. The number of H-pyrrole nitrogens is 7. The number of aromatic amines is 7. The number of carboxylic acids is 3. The van der Waals surface area contributed by atoms with Crippen molar-refractivity contribution < 1.29 is 39.6 Å². The maximum Gasteiger partial charge on any atom is 0.323 e. The number of para-hydroxylation sites is 2. The molecule has 28 heteroatoms. The van der Waals surface area contributed by atoms with Crippen LogP contribution in [0, 0.1) is 30.7 Å². The Balaban J connectivity index is 0.000000365. The van der Waals surface area contributed by atoms with Gasteiger partial charge in [-0.1, -0.05) is 71.0 Å². The molecular formula is C26H28N10O8S10. The van der Waals surface area contributed by atoms with E-state index in [4.69, 9.17) is 106 Å². The summed E-state index contributed by atoms with van der Waals surface area (Å²) in [5.41, 5.74) is 0.591. The van der Waals surface area contributed by atoms with E-state index < -0.39 is 29.6 Å². The monoisotopic (exact) mass is 928 g/mol. The third-order valence-corrected chi connectivity index (χ3v) is 9.71. The van der Waals surface area contributed by atoms with Crippen LogP contribution < -0.4 is 10.2 Å². The smallest absolute Gasteiger partial charge is 0.323 e. The van der Waals surface area contributed by atoms with Gasteiger partial charge in [0.15, 0.2) is 25.7 Å². The van der Waals surface area contributed by atoms with Crippen molar-refractivity contribution in [1.82, 2.24) is 40.3 Å². The second kappa shape index (κ2) is 25.0. The second-order valence-corrected chi connectivity index (χ2v) is 16.4.